The van der Waals surface area contributed by atoms with Gasteiger partial charge in [-0.25, -0.2) is 0 Å². The molecule has 1 aromatic carbocycles. The Morgan fingerprint density at radius 2 is 1.69 bits per heavy atom. The molecular formula is C13H18O2S. The average Bonchev–Trinajstić information content (AvgIpc) is 2.83. The number of hydrogen-bond acceptors (Lipinski definition) is 2. The minimum Gasteiger partial charge on any atom is -0.392 e. The molecule has 0 spiro atoms. The van der Waals surface area contributed by atoms with Crippen LogP contribution in [-0.4, -0.2) is 14.6 Å². The Morgan fingerprint density at radius 3 is 2.25 bits per heavy atom. The summed E-state index contributed by atoms with van der Waals surface area (Å²) in [6, 6.07) is 7.75. The molecule has 1 N–H and O–H groups in total. The lowest BCUT2D eigenvalue weighted by Gasteiger charge is -2.09. The van der Waals surface area contributed by atoms with Crippen LogP contribution >= 0.6 is 0 Å². The summed E-state index contributed by atoms with van der Waals surface area (Å²) in [5.41, 5.74) is 2.03. The number of aliphatic hydroxyl groups excluding tert-OH is 1. The van der Waals surface area contributed by atoms with E-state index < -0.39 is 10.8 Å². The summed E-state index contributed by atoms with van der Waals surface area (Å²) in [6.45, 7) is 0.0754. The van der Waals surface area contributed by atoms with Crippen LogP contribution in [0.1, 0.15) is 36.8 Å². The fourth-order valence-electron chi connectivity index (χ4n) is 2.17. The molecule has 1 fully saturated rings. The van der Waals surface area contributed by atoms with Crippen LogP contribution in [-0.2, 0) is 23.2 Å². The first-order chi connectivity index (χ1) is 7.79. The molecule has 1 aliphatic carbocycles. The maximum absolute atomic E-state index is 12.0. The van der Waals surface area contributed by atoms with E-state index in [1.807, 2.05) is 24.3 Å². The molecule has 2 rings (SSSR count). The van der Waals surface area contributed by atoms with E-state index in [1.165, 1.54) is 12.8 Å². The third-order valence-electron chi connectivity index (χ3n) is 3.19. The molecule has 0 bridgehead atoms. The second-order valence-corrected chi connectivity index (χ2v) is 6.12. The molecule has 0 saturated heterocycles. The smallest absolute Gasteiger partial charge is 0.0681 e. The molecular weight excluding hydrogens is 220 g/mol. The normalized spacial score (nSPS) is 18.8. The molecule has 0 aromatic heterocycles. The van der Waals surface area contributed by atoms with E-state index >= 15 is 0 Å². The number of hydrogen-bond donors (Lipinski definition) is 1. The summed E-state index contributed by atoms with van der Waals surface area (Å²) >= 11 is 0. The number of benzene rings is 1. The van der Waals surface area contributed by atoms with Crippen LogP contribution in [0.2, 0.25) is 0 Å². The molecule has 1 aliphatic rings. The quantitative estimate of drug-likeness (QED) is 0.874. The van der Waals surface area contributed by atoms with Gasteiger partial charge in [0.15, 0.2) is 0 Å². The van der Waals surface area contributed by atoms with E-state index in [-0.39, 0.29) is 6.61 Å². The van der Waals surface area contributed by atoms with Crippen molar-refractivity contribution >= 4 is 10.8 Å². The first-order valence-corrected chi connectivity index (χ1v) is 7.23. The predicted molar refractivity (Wildman–Crippen MR) is 66.5 cm³/mol. The Labute approximate surface area is 99.1 Å². The van der Waals surface area contributed by atoms with Crippen molar-refractivity contribution in [1.82, 2.24) is 0 Å². The van der Waals surface area contributed by atoms with Crippen LogP contribution in [0.15, 0.2) is 24.3 Å². The molecule has 0 radical (unpaired) electrons. The topological polar surface area (TPSA) is 37.3 Å². The minimum absolute atomic E-state index is 0.0754. The molecule has 1 saturated carbocycles. The van der Waals surface area contributed by atoms with E-state index in [2.05, 4.69) is 0 Å². The van der Waals surface area contributed by atoms with E-state index in [9.17, 15) is 4.21 Å². The van der Waals surface area contributed by atoms with Gasteiger partial charge in [-0.1, -0.05) is 37.1 Å². The van der Waals surface area contributed by atoms with Gasteiger partial charge < -0.3 is 5.11 Å². The Hall–Kier alpha value is -0.670. The molecule has 0 heterocycles. The van der Waals surface area contributed by atoms with Crippen LogP contribution in [0, 0.1) is 0 Å². The molecule has 1 atom stereocenters. The highest BCUT2D eigenvalue weighted by molar-refractivity contribution is 7.84. The summed E-state index contributed by atoms with van der Waals surface area (Å²) in [5.74, 6) is 0.663. The summed E-state index contributed by atoms with van der Waals surface area (Å²) in [4.78, 5) is 0. The Balaban J connectivity index is 1.94. The van der Waals surface area contributed by atoms with Gasteiger partial charge in [0.25, 0.3) is 0 Å². The highest BCUT2D eigenvalue weighted by Crippen LogP contribution is 2.24. The first-order valence-electron chi connectivity index (χ1n) is 5.85. The Morgan fingerprint density at radius 1 is 1.12 bits per heavy atom. The maximum Gasteiger partial charge on any atom is 0.0681 e. The molecule has 88 valence electrons. The van der Waals surface area contributed by atoms with E-state index in [1.54, 1.807) is 0 Å². The molecule has 16 heavy (non-hydrogen) atoms. The highest BCUT2D eigenvalue weighted by Gasteiger charge is 2.21. The van der Waals surface area contributed by atoms with Gasteiger partial charge in [-0.05, 0) is 24.0 Å². The monoisotopic (exact) mass is 238 g/mol. The third-order valence-corrected chi connectivity index (χ3v) is 5.02. The third kappa shape index (κ3) is 2.92. The van der Waals surface area contributed by atoms with Gasteiger partial charge in [-0.3, -0.25) is 4.21 Å². The molecule has 1 aromatic rings. The van der Waals surface area contributed by atoms with Crippen LogP contribution in [0.3, 0.4) is 0 Å². The maximum atomic E-state index is 12.0. The molecule has 3 heteroatoms. The zero-order chi connectivity index (χ0) is 11.4. The zero-order valence-electron chi connectivity index (χ0n) is 9.39. The highest BCUT2D eigenvalue weighted by atomic mass is 32.2. The van der Waals surface area contributed by atoms with Crippen molar-refractivity contribution in [2.75, 3.05) is 0 Å². The molecule has 0 amide bonds. The number of rotatable bonds is 4. The van der Waals surface area contributed by atoms with Crippen molar-refractivity contribution in [1.29, 1.82) is 0 Å². The van der Waals surface area contributed by atoms with Crippen molar-refractivity contribution in [3.8, 4) is 0 Å². The molecule has 0 aliphatic heterocycles. The lowest BCUT2D eigenvalue weighted by molar-refractivity contribution is 0.282. The Kier molecular flexibility index (Phi) is 4.13. The van der Waals surface area contributed by atoms with Gasteiger partial charge in [0, 0.05) is 21.8 Å². The fourth-order valence-corrected chi connectivity index (χ4v) is 3.79. The van der Waals surface area contributed by atoms with Crippen molar-refractivity contribution in [2.24, 2.45) is 0 Å². The van der Waals surface area contributed by atoms with Crippen LogP contribution in [0.25, 0.3) is 0 Å². The fraction of sp³-hybridized carbons (Fsp3) is 0.538. The van der Waals surface area contributed by atoms with Crippen molar-refractivity contribution in [2.45, 2.75) is 43.3 Å². The van der Waals surface area contributed by atoms with E-state index in [0.29, 0.717) is 11.0 Å². The van der Waals surface area contributed by atoms with Gasteiger partial charge >= 0.3 is 0 Å². The van der Waals surface area contributed by atoms with Crippen molar-refractivity contribution in [3.05, 3.63) is 35.4 Å². The van der Waals surface area contributed by atoms with Gasteiger partial charge in [-0.2, -0.15) is 0 Å². The molecule has 2 nitrogen and oxygen atoms in total. The standard InChI is InChI=1S/C13H18O2S/c14-9-11-5-7-12(8-6-11)10-16(15)13-3-1-2-4-13/h5-8,13-14H,1-4,9-10H2. The second-order valence-electron chi connectivity index (χ2n) is 4.41. The van der Waals surface area contributed by atoms with Crippen LogP contribution in [0.4, 0.5) is 0 Å². The van der Waals surface area contributed by atoms with Gasteiger partial charge in [0.1, 0.15) is 0 Å². The lowest BCUT2D eigenvalue weighted by atomic mass is 10.2. The van der Waals surface area contributed by atoms with E-state index in [0.717, 1.165) is 24.0 Å². The summed E-state index contributed by atoms with van der Waals surface area (Å²) in [6.07, 6.45) is 4.72. The first kappa shape index (κ1) is 11.8. The lowest BCUT2D eigenvalue weighted by Crippen LogP contribution is -2.12. The van der Waals surface area contributed by atoms with Gasteiger partial charge in [-0.15, -0.1) is 0 Å². The largest absolute Gasteiger partial charge is 0.392 e. The van der Waals surface area contributed by atoms with Crippen LogP contribution < -0.4 is 0 Å². The second kappa shape index (κ2) is 5.60. The van der Waals surface area contributed by atoms with Crippen LogP contribution in [0.5, 0.6) is 0 Å². The van der Waals surface area contributed by atoms with Gasteiger partial charge in [0.05, 0.1) is 6.61 Å². The van der Waals surface area contributed by atoms with Crippen molar-refractivity contribution < 1.29 is 9.32 Å². The average molecular weight is 238 g/mol. The number of aliphatic hydroxyl groups is 1. The summed E-state index contributed by atoms with van der Waals surface area (Å²) in [7, 11) is -0.717. The molecule has 1 unspecified atom stereocenters. The zero-order valence-corrected chi connectivity index (χ0v) is 10.2. The summed E-state index contributed by atoms with van der Waals surface area (Å²) in [5, 5.41) is 9.34. The predicted octanol–water partition coefficient (Wildman–Crippen LogP) is 2.37. The minimum atomic E-state index is -0.717. The van der Waals surface area contributed by atoms with Crippen molar-refractivity contribution in [3.63, 3.8) is 0 Å². The summed E-state index contributed by atoms with van der Waals surface area (Å²) < 4.78 is 12.0. The van der Waals surface area contributed by atoms with Gasteiger partial charge in [0.2, 0.25) is 0 Å². The Bertz CT molecular complexity index is 353. The van der Waals surface area contributed by atoms with E-state index in [4.69, 9.17) is 5.11 Å². The SMILES string of the molecule is O=S(Cc1ccc(CO)cc1)C1CCCC1.